The highest BCUT2D eigenvalue weighted by molar-refractivity contribution is 7.90. The van der Waals surface area contributed by atoms with Gasteiger partial charge in [-0.3, -0.25) is 4.79 Å². The zero-order chi connectivity index (χ0) is 27.7. The van der Waals surface area contributed by atoms with Crippen LogP contribution >= 0.6 is 0 Å². The summed E-state index contributed by atoms with van der Waals surface area (Å²) in [5, 5.41) is 13.7. The monoisotopic (exact) mass is 546 g/mol. The van der Waals surface area contributed by atoms with Gasteiger partial charge in [0.25, 0.3) is 5.91 Å². The first-order chi connectivity index (χ1) is 17.8. The van der Waals surface area contributed by atoms with Gasteiger partial charge in [-0.2, -0.15) is 0 Å². The smallest absolute Gasteiger partial charge is 0.405 e. The average molecular weight is 547 g/mol. The number of nitrogens with one attached hydrogen (secondary N) is 2. The molecule has 0 aliphatic carbocycles. The maximum Gasteiger partial charge on any atom is 0.573 e. The van der Waals surface area contributed by atoms with E-state index in [-0.39, 0.29) is 11.3 Å². The summed E-state index contributed by atoms with van der Waals surface area (Å²) >= 11 is 0. The summed E-state index contributed by atoms with van der Waals surface area (Å²) in [7, 11) is -3.44. The number of aliphatic hydroxyl groups excluding tert-OH is 1. The molecule has 7 nitrogen and oxygen atoms in total. The maximum atomic E-state index is 13.3. The van der Waals surface area contributed by atoms with Crippen LogP contribution in [0, 0.1) is 0 Å². The molecule has 0 bridgehead atoms. The molecule has 0 aliphatic rings. The number of aromatic nitrogens is 1. The number of carbonyl (C=O) groups excluding carboxylic acids is 1. The van der Waals surface area contributed by atoms with Gasteiger partial charge in [-0.1, -0.05) is 36.4 Å². The number of sulfone groups is 1. The number of rotatable bonds is 8. The van der Waals surface area contributed by atoms with Crippen LogP contribution in [0.1, 0.15) is 22.8 Å². The predicted octanol–water partition coefficient (Wildman–Crippen LogP) is 4.86. The molecule has 1 atom stereocenters. The van der Waals surface area contributed by atoms with Crippen LogP contribution in [0.3, 0.4) is 0 Å². The molecule has 4 aromatic rings. The zero-order valence-electron chi connectivity index (χ0n) is 20.5. The normalized spacial score (nSPS) is 13.7. The minimum atomic E-state index is -5.04. The van der Waals surface area contributed by atoms with E-state index in [0.29, 0.717) is 11.1 Å². The quantitative estimate of drug-likeness (QED) is 0.293. The fourth-order valence-electron chi connectivity index (χ4n) is 4.17. The van der Waals surface area contributed by atoms with Crippen LogP contribution in [0.15, 0.2) is 77.8 Å². The van der Waals surface area contributed by atoms with Crippen molar-refractivity contribution in [1.82, 2.24) is 10.3 Å². The molecule has 1 heterocycles. The fraction of sp³-hybridized carbons (Fsp3) is 0.222. The van der Waals surface area contributed by atoms with Crippen molar-refractivity contribution in [3.63, 3.8) is 0 Å². The van der Waals surface area contributed by atoms with Crippen molar-refractivity contribution in [2.45, 2.75) is 30.1 Å². The van der Waals surface area contributed by atoms with Crippen molar-refractivity contribution in [3.8, 4) is 16.9 Å². The van der Waals surface area contributed by atoms with E-state index in [0.717, 1.165) is 28.8 Å². The Labute approximate surface area is 217 Å². The Kier molecular flexibility index (Phi) is 7.26. The Morgan fingerprint density at radius 1 is 1.03 bits per heavy atom. The number of alkyl halides is 3. The van der Waals surface area contributed by atoms with Gasteiger partial charge in [0, 0.05) is 23.4 Å². The number of aliphatic hydroxyl groups is 1. The third-order valence-electron chi connectivity index (χ3n) is 6.09. The standard InChI is InChI=1S/C27H25F3N2O5S/c1-26(16-33,14-19-15-31-23-6-4-3-5-21(19)23)32-25(34)22-13-18(9-12-24(22)37-27(28,29)30)17-7-10-20(11-8-17)38(2,35)36/h3-13,15,31,33H,14,16H2,1-2H3,(H,32,34). The highest BCUT2D eigenvalue weighted by Crippen LogP contribution is 2.32. The zero-order valence-corrected chi connectivity index (χ0v) is 21.3. The van der Waals surface area contributed by atoms with Gasteiger partial charge < -0.3 is 20.1 Å². The first-order valence-corrected chi connectivity index (χ1v) is 13.4. The van der Waals surface area contributed by atoms with Crippen molar-refractivity contribution >= 4 is 26.6 Å². The van der Waals surface area contributed by atoms with E-state index < -0.39 is 45.6 Å². The summed E-state index contributed by atoms with van der Waals surface area (Å²) in [5.41, 5.74) is 0.907. The van der Waals surface area contributed by atoms with Gasteiger partial charge in [-0.25, -0.2) is 8.42 Å². The fourth-order valence-corrected chi connectivity index (χ4v) is 4.80. The van der Waals surface area contributed by atoms with Gasteiger partial charge >= 0.3 is 6.36 Å². The Bertz CT molecular complexity index is 1580. The molecular weight excluding hydrogens is 521 g/mol. The van der Waals surface area contributed by atoms with Gasteiger partial charge in [0.2, 0.25) is 0 Å². The summed E-state index contributed by atoms with van der Waals surface area (Å²) in [6, 6.07) is 16.8. The van der Waals surface area contributed by atoms with Crippen molar-refractivity contribution in [2.24, 2.45) is 0 Å². The first kappa shape index (κ1) is 27.2. The second-order valence-corrected chi connectivity index (χ2v) is 11.3. The van der Waals surface area contributed by atoms with E-state index in [1.54, 1.807) is 13.1 Å². The molecule has 38 heavy (non-hydrogen) atoms. The van der Waals surface area contributed by atoms with Crippen molar-refractivity contribution in [1.29, 1.82) is 0 Å². The number of H-pyrrole nitrogens is 1. The molecule has 1 unspecified atom stereocenters. The highest BCUT2D eigenvalue weighted by Gasteiger charge is 2.34. The van der Waals surface area contributed by atoms with E-state index in [1.165, 1.54) is 36.4 Å². The number of amides is 1. The lowest BCUT2D eigenvalue weighted by Gasteiger charge is -2.29. The summed E-state index contributed by atoms with van der Waals surface area (Å²) in [6.45, 7) is 1.10. The number of hydrogen-bond donors (Lipinski definition) is 3. The number of hydrogen-bond acceptors (Lipinski definition) is 5. The molecule has 11 heteroatoms. The van der Waals surface area contributed by atoms with Crippen molar-refractivity contribution in [3.05, 3.63) is 84.1 Å². The molecule has 4 rings (SSSR count). The Balaban J connectivity index is 1.68. The molecule has 0 saturated carbocycles. The third kappa shape index (κ3) is 6.17. The van der Waals surface area contributed by atoms with Crippen LogP contribution in [0.25, 0.3) is 22.0 Å². The van der Waals surface area contributed by atoms with Crippen LogP contribution in [-0.4, -0.2) is 49.2 Å². The van der Waals surface area contributed by atoms with Crippen LogP contribution in [-0.2, 0) is 16.3 Å². The lowest BCUT2D eigenvalue weighted by molar-refractivity contribution is -0.274. The minimum Gasteiger partial charge on any atom is -0.405 e. The number of ether oxygens (including phenoxy) is 1. The SMILES string of the molecule is CC(CO)(Cc1c[nH]c2ccccc12)NC(=O)c1cc(-c2ccc(S(C)(=O)=O)cc2)ccc1OC(F)(F)F. The highest BCUT2D eigenvalue weighted by atomic mass is 32.2. The Morgan fingerprint density at radius 2 is 1.68 bits per heavy atom. The maximum absolute atomic E-state index is 13.3. The molecule has 0 fully saturated rings. The molecular formula is C27H25F3N2O5S. The number of aromatic amines is 1. The summed E-state index contributed by atoms with van der Waals surface area (Å²) in [4.78, 5) is 16.5. The molecule has 1 aromatic heterocycles. The van der Waals surface area contributed by atoms with Crippen LogP contribution < -0.4 is 10.1 Å². The molecule has 0 radical (unpaired) electrons. The number of benzene rings is 3. The Hall–Kier alpha value is -3.83. The Morgan fingerprint density at radius 3 is 2.32 bits per heavy atom. The van der Waals surface area contributed by atoms with Crippen LogP contribution in [0.5, 0.6) is 5.75 Å². The molecule has 3 N–H and O–H groups in total. The van der Waals surface area contributed by atoms with Gasteiger partial charge in [0.1, 0.15) is 5.75 Å². The van der Waals surface area contributed by atoms with E-state index in [2.05, 4.69) is 15.0 Å². The van der Waals surface area contributed by atoms with Gasteiger partial charge in [0.05, 0.1) is 22.6 Å². The molecule has 0 saturated heterocycles. The summed E-state index contributed by atoms with van der Waals surface area (Å²) in [5.74, 6) is -1.59. The average Bonchev–Trinajstić information content (AvgIpc) is 3.25. The largest absolute Gasteiger partial charge is 0.573 e. The van der Waals surface area contributed by atoms with Gasteiger partial charge in [0.15, 0.2) is 9.84 Å². The lowest BCUT2D eigenvalue weighted by Crippen LogP contribution is -2.50. The van der Waals surface area contributed by atoms with Gasteiger partial charge in [-0.05, 0) is 60.4 Å². The molecule has 200 valence electrons. The number of fused-ring (bicyclic) bond motifs is 1. The van der Waals surface area contributed by atoms with E-state index >= 15 is 0 Å². The number of halogens is 3. The van der Waals surface area contributed by atoms with Crippen molar-refractivity contribution in [2.75, 3.05) is 12.9 Å². The van der Waals surface area contributed by atoms with E-state index in [1.807, 2.05) is 24.3 Å². The second kappa shape index (κ2) is 10.1. The number of carbonyl (C=O) groups is 1. The van der Waals surface area contributed by atoms with Crippen LogP contribution in [0.2, 0.25) is 0 Å². The first-order valence-electron chi connectivity index (χ1n) is 11.5. The minimum absolute atomic E-state index is 0.0761. The van der Waals surface area contributed by atoms with Crippen LogP contribution in [0.4, 0.5) is 13.2 Å². The lowest BCUT2D eigenvalue weighted by atomic mass is 9.92. The van der Waals surface area contributed by atoms with Crippen molar-refractivity contribution < 1.29 is 36.2 Å². The topological polar surface area (TPSA) is 108 Å². The molecule has 3 aromatic carbocycles. The van der Waals surface area contributed by atoms with E-state index in [9.17, 15) is 31.5 Å². The third-order valence-corrected chi connectivity index (χ3v) is 7.21. The summed E-state index contributed by atoms with van der Waals surface area (Å²) in [6.07, 6.45) is -2.04. The summed E-state index contributed by atoms with van der Waals surface area (Å²) < 4.78 is 67.0. The van der Waals surface area contributed by atoms with Gasteiger partial charge in [-0.15, -0.1) is 13.2 Å². The predicted molar refractivity (Wildman–Crippen MR) is 137 cm³/mol. The molecule has 1 amide bonds. The number of para-hydroxylation sites is 1. The van der Waals surface area contributed by atoms with E-state index in [4.69, 9.17) is 0 Å². The second-order valence-electron chi connectivity index (χ2n) is 9.26. The molecule has 0 spiro atoms. The molecule has 0 aliphatic heterocycles.